The molecule has 1 heterocycles. The smallest absolute Gasteiger partial charge is 0.207 e. The van der Waals surface area contributed by atoms with Crippen molar-refractivity contribution in [3.63, 3.8) is 0 Å². The van der Waals surface area contributed by atoms with Crippen LogP contribution in [0.4, 0.5) is 0 Å². The third-order valence-corrected chi connectivity index (χ3v) is 6.22. The molecular formula is C12H15BrClNO2S. The van der Waals surface area contributed by atoms with Gasteiger partial charge in [-0.05, 0) is 52.9 Å². The first-order chi connectivity index (χ1) is 8.41. The van der Waals surface area contributed by atoms with Gasteiger partial charge in [0.15, 0.2) is 0 Å². The van der Waals surface area contributed by atoms with E-state index >= 15 is 0 Å². The van der Waals surface area contributed by atoms with E-state index in [1.54, 1.807) is 22.5 Å². The van der Waals surface area contributed by atoms with Gasteiger partial charge in [-0.25, -0.2) is 8.42 Å². The molecule has 0 spiro atoms. The molecule has 0 amide bonds. The standard InChI is InChI=1S/C12H15BrClNO2S/c1-9-3-2-6-15(8-9)18(16,17)10-4-5-12(14)11(13)7-10/h4-5,7,9H,2-3,6,8H2,1H3. The van der Waals surface area contributed by atoms with Crippen molar-refractivity contribution < 1.29 is 8.42 Å². The van der Waals surface area contributed by atoms with E-state index in [0.717, 1.165) is 12.8 Å². The quantitative estimate of drug-likeness (QED) is 0.816. The molecule has 1 saturated heterocycles. The van der Waals surface area contributed by atoms with Crippen LogP contribution in [-0.2, 0) is 10.0 Å². The molecule has 0 radical (unpaired) electrons. The Kier molecular flexibility index (Phi) is 4.36. The molecule has 1 aliphatic heterocycles. The number of piperidine rings is 1. The van der Waals surface area contributed by atoms with Crippen LogP contribution in [-0.4, -0.2) is 25.8 Å². The van der Waals surface area contributed by atoms with E-state index in [1.165, 1.54) is 0 Å². The Labute approximate surface area is 121 Å². The molecule has 1 aromatic carbocycles. The van der Waals surface area contributed by atoms with Crippen molar-refractivity contribution in [3.05, 3.63) is 27.7 Å². The minimum atomic E-state index is -3.39. The van der Waals surface area contributed by atoms with Gasteiger partial charge in [0.1, 0.15) is 0 Å². The fourth-order valence-corrected chi connectivity index (χ4v) is 4.42. The molecule has 6 heteroatoms. The average Bonchev–Trinajstić information content (AvgIpc) is 2.32. The van der Waals surface area contributed by atoms with Crippen molar-refractivity contribution >= 4 is 37.6 Å². The summed E-state index contributed by atoms with van der Waals surface area (Å²) < 4.78 is 27.1. The first kappa shape index (κ1) is 14.3. The van der Waals surface area contributed by atoms with Crippen LogP contribution in [0.1, 0.15) is 19.8 Å². The second-order valence-electron chi connectivity index (χ2n) is 4.69. The largest absolute Gasteiger partial charge is 0.243 e. The molecule has 2 rings (SSSR count). The predicted octanol–water partition coefficient (Wildman–Crippen LogP) is 3.52. The van der Waals surface area contributed by atoms with Crippen LogP contribution >= 0.6 is 27.5 Å². The van der Waals surface area contributed by atoms with Gasteiger partial charge in [0.2, 0.25) is 10.0 Å². The summed E-state index contributed by atoms with van der Waals surface area (Å²) >= 11 is 9.14. The molecule has 0 bridgehead atoms. The van der Waals surface area contributed by atoms with E-state index in [2.05, 4.69) is 22.9 Å². The second kappa shape index (κ2) is 5.49. The predicted molar refractivity (Wildman–Crippen MR) is 76.3 cm³/mol. The summed E-state index contributed by atoms with van der Waals surface area (Å²) in [5.74, 6) is 0.421. The average molecular weight is 353 g/mol. The van der Waals surface area contributed by atoms with Crippen LogP contribution in [0.2, 0.25) is 5.02 Å². The lowest BCUT2D eigenvalue weighted by Crippen LogP contribution is -2.39. The lowest BCUT2D eigenvalue weighted by atomic mass is 10.0. The highest BCUT2D eigenvalue weighted by molar-refractivity contribution is 9.10. The van der Waals surface area contributed by atoms with Crippen molar-refractivity contribution in [1.29, 1.82) is 0 Å². The van der Waals surface area contributed by atoms with E-state index in [1.807, 2.05) is 0 Å². The highest BCUT2D eigenvalue weighted by atomic mass is 79.9. The van der Waals surface area contributed by atoms with Gasteiger partial charge >= 0.3 is 0 Å². The SMILES string of the molecule is CC1CCCN(S(=O)(=O)c2ccc(Cl)c(Br)c2)C1. The van der Waals surface area contributed by atoms with E-state index < -0.39 is 10.0 Å². The minimum Gasteiger partial charge on any atom is -0.207 e. The number of sulfonamides is 1. The molecule has 1 fully saturated rings. The molecule has 18 heavy (non-hydrogen) atoms. The van der Waals surface area contributed by atoms with Crippen molar-refractivity contribution in [2.75, 3.05) is 13.1 Å². The molecule has 1 aliphatic rings. The van der Waals surface area contributed by atoms with Crippen LogP contribution in [0.15, 0.2) is 27.6 Å². The van der Waals surface area contributed by atoms with Gasteiger partial charge in [-0.1, -0.05) is 18.5 Å². The molecule has 0 aliphatic carbocycles. The van der Waals surface area contributed by atoms with Crippen LogP contribution in [0.3, 0.4) is 0 Å². The maximum atomic E-state index is 12.5. The second-order valence-corrected chi connectivity index (χ2v) is 7.89. The number of rotatable bonds is 2. The molecule has 0 saturated carbocycles. The van der Waals surface area contributed by atoms with Gasteiger partial charge in [0, 0.05) is 17.6 Å². The zero-order chi connectivity index (χ0) is 13.3. The third-order valence-electron chi connectivity index (χ3n) is 3.15. The van der Waals surface area contributed by atoms with Gasteiger partial charge in [-0.15, -0.1) is 0 Å². The summed E-state index contributed by atoms with van der Waals surface area (Å²) in [4.78, 5) is 0.299. The first-order valence-corrected chi connectivity index (χ1v) is 8.47. The summed E-state index contributed by atoms with van der Waals surface area (Å²) in [5.41, 5.74) is 0. The van der Waals surface area contributed by atoms with Crippen LogP contribution in [0, 0.1) is 5.92 Å². The Morgan fingerprint density at radius 1 is 1.44 bits per heavy atom. The van der Waals surface area contributed by atoms with E-state index in [-0.39, 0.29) is 0 Å². The monoisotopic (exact) mass is 351 g/mol. The molecule has 3 nitrogen and oxygen atoms in total. The molecular weight excluding hydrogens is 338 g/mol. The first-order valence-electron chi connectivity index (χ1n) is 5.86. The Hall–Kier alpha value is -0.100. The molecule has 100 valence electrons. The van der Waals surface area contributed by atoms with Gasteiger partial charge in [-0.3, -0.25) is 0 Å². The van der Waals surface area contributed by atoms with Crippen molar-refractivity contribution in [1.82, 2.24) is 4.31 Å². The van der Waals surface area contributed by atoms with E-state index in [4.69, 9.17) is 11.6 Å². The lowest BCUT2D eigenvalue weighted by molar-refractivity contribution is 0.281. The Balaban J connectivity index is 2.32. The number of benzene rings is 1. The van der Waals surface area contributed by atoms with Gasteiger partial charge < -0.3 is 0 Å². The van der Waals surface area contributed by atoms with E-state index in [0.29, 0.717) is 33.4 Å². The van der Waals surface area contributed by atoms with Gasteiger partial charge in [0.05, 0.1) is 9.92 Å². The summed E-state index contributed by atoms with van der Waals surface area (Å²) in [5, 5.41) is 0.515. The van der Waals surface area contributed by atoms with Crippen molar-refractivity contribution in [3.8, 4) is 0 Å². The number of hydrogen-bond donors (Lipinski definition) is 0. The van der Waals surface area contributed by atoms with Crippen LogP contribution < -0.4 is 0 Å². The van der Waals surface area contributed by atoms with Gasteiger partial charge in [0.25, 0.3) is 0 Å². The highest BCUT2D eigenvalue weighted by Gasteiger charge is 2.28. The number of halogens is 2. The topological polar surface area (TPSA) is 37.4 Å². The lowest BCUT2D eigenvalue weighted by Gasteiger charge is -2.30. The highest BCUT2D eigenvalue weighted by Crippen LogP contribution is 2.28. The number of nitrogens with zero attached hydrogens (tertiary/aromatic N) is 1. The molecule has 0 N–H and O–H groups in total. The zero-order valence-electron chi connectivity index (χ0n) is 10.1. The molecule has 1 unspecified atom stereocenters. The number of hydrogen-bond acceptors (Lipinski definition) is 2. The van der Waals surface area contributed by atoms with Gasteiger partial charge in [-0.2, -0.15) is 4.31 Å². The maximum Gasteiger partial charge on any atom is 0.243 e. The fourth-order valence-electron chi connectivity index (χ4n) is 2.15. The summed E-state index contributed by atoms with van der Waals surface area (Å²) in [7, 11) is -3.39. The Morgan fingerprint density at radius 3 is 2.78 bits per heavy atom. The van der Waals surface area contributed by atoms with Crippen molar-refractivity contribution in [2.45, 2.75) is 24.7 Å². The Bertz CT molecular complexity index is 547. The van der Waals surface area contributed by atoms with Crippen LogP contribution in [0.25, 0.3) is 0 Å². The van der Waals surface area contributed by atoms with Crippen LogP contribution in [0.5, 0.6) is 0 Å². The van der Waals surface area contributed by atoms with Crippen molar-refractivity contribution in [2.24, 2.45) is 5.92 Å². The minimum absolute atomic E-state index is 0.299. The Morgan fingerprint density at radius 2 is 2.17 bits per heavy atom. The summed E-state index contributed by atoms with van der Waals surface area (Å²) in [6.45, 7) is 3.29. The van der Waals surface area contributed by atoms with E-state index in [9.17, 15) is 8.42 Å². The summed E-state index contributed by atoms with van der Waals surface area (Å²) in [6, 6.07) is 4.73. The molecule has 1 atom stereocenters. The fraction of sp³-hybridized carbons (Fsp3) is 0.500. The normalized spacial score (nSPS) is 22.1. The third kappa shape index (κ3) is 2.90. The molecule has 0 aromatic heterocycles. The molecule has 1 aromatic rings. The summed E-state index contributed by atoms with van der Waals surface area (Å²) in [6.07, 6.45) is 2.02. The maximum absolute atomic E-state index is 12.5. The zero-order valence-corrected chi connectivity index (χ0v) is 13.2.